The van der Waals surface area contributed by atoms with E-state index in [1.54, 1.807) is 11.1 Å². The quantitative estimate of drug-likeness (QED) is 0.0367. The van der Waals surface area contributed by atoms with Crippen LogP contribution in [0.4, 0.5) is 0 Å². The third-order valence-electron chi connectivity index (χ3n) is 17.1. The molecule has 0 atom stereocenters. The summed E-state index contributed by atoms with van der Waals surface area (Å²) < 4.78 is 5.58. The molecular weight excluding hydrogens is 1000 g/mol. The molecule has 0 unspecified atom stereocenters. The molecule has 416 valence electrons. The van der Waals surface area contributed by atoms with Gasteiger partial charge in [-0.05, 0) is 92.1 Å². The first-order chi connectivity index (χ1) is 38.5. The highest BCUT2D eigenvalue weighted by Gasteiger charge is 2.25. The van der Waals surface area contributed by atoms with Gasteiger partial charge in [-0.15, -0.1) is 34.0 Å². The lowest BCUT2D eigenvalue weighted by Gasteiger charge is -2.14. The molecule has 0 aliphatic heterocycles. The molecule has 0 saturated heterocycles. The van der Waals surface area contributed by atoms with Crippen LogP contribution in [-0.4, -0.2) is 14.5 Å². The summed E-state index contributed by atoms with van der Waals surface area (Å²) in [6, 6.07) is 32.1. The lowest BCUT2D eigenvalue weighted by molar-refractivity contribution is 0.521. The highest BCUT2D eigenvalue weighted by atomic mass is 32.1. The Morgan fingerprint density at radius 2 is 0.859 bits per heavy atom. The number of fused-ring (bicyclic) bond motifs is 7. The van der Waals surface area contributed by atoms with Crippen molar-refractivity contribution >= 4 is 87.0 Å². The van der Waals surface area contributed by atoms with Crippen LogP contribution in [0.2, 0.25) is 0 Å². The Labute approximate surface area is 483 Å². The molecule has 0 aliphatic rings. The Morgan fingerprint density at radius 3 is 1.45 bits per heavy atom. The van der Waals surface area contributed by atoms with E-state index in [9.17, 15) is 0 Å². The number of hydrogen-bond acceptors (Lipinski definition) is 5. The maximum atomic E-state index is 5.78. The van der Waals surface area contributed by atoms with Crippen molar-refractivity contribution in [2.45, 2.75) is 247 Å². The molecule has 0 fully saturated rings. The minimum atomic E-state index is 0.968. The summed E-state index contributed by atoms with van der Waals surface area (Å²) >= 11 is 5.91. The third kappa shape index (κ3) is 14.8. The molecule has 0 amide bonds. The molecule has 9 rings (SSSR count). The van der Waals surface area contributed by atoms with Crippen molar-refractivity contribution in [3.05, 3.63) is 106 Å². The van der Waals surface area contributed by atoms with Gasteiger partial charge in [0.25, 0.3) is 0 Å². The fourth-order valence-corrected chi connectivity index (χ4v) is 16.2. The molecule has 5 heterocycles. The van der Waals surface area contributed by atoms with Crippen molar-refractivity contribution in [1.29, 1.82) is 0 Å². The molecule has 0 saturated carbocycles. The molecule has 9 aromatic rings. The van der Waals surface area contributed by atoms with Gasteiger partial charge in [0.1, 0.15) is 11.0 Å². The van der Waals surface area contributed by atoms with Gasteiger partial charge < -0.3 is 4.57 Å². The molecule has 0 spiro atoms. The smallest absolute Gasteiger partial charge is 0.109 e. The van der Waals surface area contributed by atoms with Gasteiger partial charge in [-0.25, -0.2) is 9.97 Å². The summed E-state index contributed by atoms with van der Waals surface area (Å²) in [4.78, 5) is 16.8. The molecule has 0 aliphatic carbocycles. The van der Waals surface area contributed by atoms with Crippen molar-refractivity contribution in [2.24, 2.45) is 0 Å². The van der Waals surface area contributed by atoms with Crippen molar-refractivity contribution in [2.75, 3.05) is 0 Å². The number of benzene rings is 4. The number of aromatic nitrogens is 3. The van der Waals surface area contributed by atoms with Crippen LogP contribution in [0, 0.1) is 13.8 Å². The highest BCUT2D eigenvalue weighted by molar-refractivity contribution is 7.31. The summed E-state index contributed by atoms with van der Waals surface area (Å²) in [7, 11) is 0. The fraction of sp³-hybridized carbons (Fsp3) is 0.528. The Balaban J connectivity index is 0.957. The van der Waals surface area contributed by atoms with E-state index >= 15 is 0 Å². The van der Waals surface area contributed by atoms with Crippen LogP contribution < -0.4 is 0 Å². The molecule has 0 N–H and O–H groups in total. The largest absolute Gasteiger partial charge is 0.340 e. The van der Waals surface area contributed by atoms with Crippen LogP contribution in [0.3, 0.4) is 0 Å². The molecule has 78 heavy (non-hydrogen) atoms. The zero-order chi connectivity index (χ0) is 53.9. The van der Waals surface area contributed by atoms with Gasteiger partial charge in [-0.1, -0.05) is 255 Å². The predicted octanol–water partition coefficient (Wildman–Crippen LogP) is 24.7. The van der Waals surface area contributed by atoms with Crippen molar-refractivity contribution in [1.82, 2.24) is 14.5 Å². The molecule has 4 aromatic carbocycles. The van der Waals surface area contributed by atoms with Crippen molar-refractivity contribution in [3.63, 3.8) is 0 Å². The topological polar surface area (TPSA) is 30.7 Å². The Kier molecular flexibility index (Phi) is 22.8. The Morgan fingerprint density at radius 1 is 0.385 bits per heavy atom. The summed E-state index contributed by atoms with van der Waals surface area (Å²) in [5, 5.41) is 5.70. The number of thiophene rings is 3. The zero-order valence-corrected chi connectivity index (χ0v) is 51.4. The number of aryl methyl sites for hydroxylation is 5. The van der Waals surface area contributed by atoms with Gasteiger partial charge in [-0.3, -0.25) is 0 Å². The van der Waals surface area contributed by atoms with Crippen molar-refractivity contribution < 1.29 is 0 Å². The van der Waals surface area contributed by atoms with Crippen LogP contribution in [-0.2, 0) is 19.4 Å². The second kappa shape index (κ2) is 30.5. The first kappa shape index (κ1) is 58.3. The van der Waals surface area contributed by atoms with Gasteiger partial charge in [-0.2, -0.15) is 0 Å². The first-order valence-corrected chi connectivity index (χ1v) is 34.3. The van der Waals surface area contributed by atoms with Gasteiger partial charge in [0, 0.05) is 54.1 Å². The van der Waals surface area contributed by atoms with Gasteiger partial charge >= 0.3 is 0 Å². The monoisotopic (exact) mass is 1100 g/mol. The summed E-state index contributed by atoms with van der Waals surface area (Å²) in [6.07, 6.45) is 43.5. The Bertz CT molecular complexity index is 3250. The van der Waals surface area contributed by atoms with Crippen LogP contribution in [0.15, 0.2) is 84.9 Å². The number of unbranched alkanes of at least 4 members (excludes halogenated alkanes) is 27. The van der Waals surface area contributed by atoms with Crippen LogP contribution in [0.25, 0.3) is 85.3 Å². The van der Waals surface area contributed by atoms with E-state index in [-0.39, 0.29) is 0 Å². The summed E-state index contributed by atoms with van der Waals surface area (Å²) in [6.45, 7) is 12.6. The summed E-state index contributed by atoms with van der Waals surface area (Å²) in [5.74, 6) is 0. The minimum Gasteiger partial charge on any atom is -0.340 e. The first-order valence-electron chi connectivity index (χ1n) is 31.8. The molecular formula is C72H95N3S3. The van der Waals surface area contributed by atoms with Crippen LogP contribution >= 0.6 is 34.0 Å². The predicted molar refractivity (Wildman–Crippen MR) is 350 cm³/mol. The second-order valence-corrected chi connectivity index (χ2v) is 26.9. The fourth-order valence-electron chi connectivity index (χ4n) is 12.7. The number of rotatable bonds is 36. The van der Waals surface area contributed by atoms with E-state index in [1.165, 1.54) is 267 Å². The minimum absolute atomic E-state index is 0.968. The van der Waals surface area contributed by atoms with E-state index in [2.05, 4.69) is 124 Å². The lowest BCUT2D eigenvalue weighted by atomic mass is 9.91. The van der Waals surface area contributed by atoms with Gasteiger partial charge in [0.2, 0.25) is 0 Å². The van der Waals surface area contributed by atoms with Gasteiger partial charge in [0.15, 0.2) is 0 Å². The molecule has 3 nitrogen and oxygen atoms in total. The third-order valence-corrected chi connectivity index (χ3v) is 20.7. The Hall–Kier alpha value is -4.36. The summed E-state index contributed by atoms with van der Waals surface area (Å²) in [5.41, 5.74) is 12.2. The number of hydrogen-bond donors (Lipinski definition) is 0. The molecule has 5 aromatic heterocycles. The normalized spacial score (nSPS) is 12.1. The maximum absolute atomic E-state index is 5.78. The van der Waals surface area contributed by atoms with Crippen molar-refractivity contribution in [3.8, 4) is 32.3 Å². The molecule has 0 radical (unpaired) electrons. The van der Waals surface area contributed by atoms with Crippen LogP contribution in [0.1, 0.15) is 234 Å². The van der Waals surface area contributed by atoms with E-state index in [4.69, 9.17) is 9.97 Å². The molecule has 0 bridgehead atoms. The average molecular weight is 1100 g/mol. The second-order valence-electron chi connectivity index (χ2n) is 23.3. The van der Waals surface area contributed by atoms with E-state index in [0.29, 0.717) is 0 Å². The maximum Gasteiger partial charge on any atom is 0.109 e. The van der Waals surface area contributed by atoms with E-state index in [1.807, 2.05) is 34.0 Å². The highest BCUT2D eigenvalue weighted by Crippen LogP contribution is 2.49. The number of nitrogens with zero attached hydrogens (tertiary/aromatic N) is 3. The van der Waals surface area contributed by atoms with E-state index < -0.39 is 0 Å². The van der Waals surface area contributed by atoms with Crippen LogP contribution in [0.5, 0.6) is 0 Å². The standard InChI is InChI=1S/C72H95N3S3/c1-6-9-12-15-18-19-20-21-22-23-24-25-26-27-28-29-32-40-49-75-63-46-39-38-45-59(63)60-48-47-56(51-64(60)75)68-67(55-41-34-33-35-42-55)74-69-66(73-68)54(5)77-72(69)65-52-62-58(44-37-31-17-14-11-8-3)57(43-36-30-16-13-10-7-2)61-50-53(4)76-70(61)71(62)78-65/h33-35,38-39,41-42,45-48,50-52H,6-32,36-37,40,43-44,49H2,1-5H3. The molecule has 6 heteroatoms. The van der Waals surface area contributed by atoms with E-state index in [0.717, 1.165) is 40.1 Å². The number of para-hydroxylation sites is 1. The van der Waals surface area contributed by atoms with Gasteiger partial charge in [0.05, 0.1) is 25.7 Å². The SMILES string of the molecule is CCCCCCCCCCCCCCCCCCCCn1c2ccccc2c2ccc(-c3nc4c(C)sc(-c5cc6c(CCCCCCCC)c(CCCCCCCC)c7cc(C)sc7c6s5)c4nc3-c3ccccc3)cc21. The zero-order valence-electron chi connectivity index (χ0n) is 49.0. The lowest BCUT2D eigenvalue weighted by Crippen LogP contribution is -1.99. The average Bonchev–Trinajstić information content (AvgIpc) is 4.44.